The lowest BCUT2D eigenvalue weighted by Gasteiger charge is -2.21. The monoisotopic (exact) mass is 257 g/mol. The maximum atomic E-state index is 13.1. The number of likely N-dealkylation sites (N-methyl/N-ethyl adjacent to an activating group) is 1. The second-order valence-corrected chi connectivity index (χ2v) is 4.81. The van der Waals surface area contributed by atoms with Crippen LogP contribution in [0, 0.1) is 12.7 Å². The van der Waals surface area contributed by atoms with Gasteiger partial charge in [0.15, 0.2) is 0 Å². The van der Waals surface area contributed by atoms with Gasteiger partial charge in [-0.3, -0.25) is 9.46 Å². The molecule has 3 nitrogen and oxygen atoms in total. The van der Waals surface area contributed by atoms with Gasteiger partial charge >= 0.3 is 5.97 Å². The van der Waals surface area contributed by atoms with Crippen molar-refractivity contribution < 1.29 is 13.9 Å². The Bertz CT molecular complexity index is 409. The third-order valence-corrected chi connectivity index (χ3v) is 2.98. The van der Waals surface area contributed by atoms with E-state index in [1.807, 2.05) is 0 Å². The van der Waals surface area contributed by atoms with Crippen LogP contribution in [0.2, 0.25) is 0 Å². The summed E-state index contributed by atoms with van der Waals surface area (Å²) in [6, 6.07) is 4.48. The summed E-state index contributed by atoms with van der Waals surface area (Å²) in [5.41, 5.74) is 1.49. The van der Waals surface area contributed by atoms with E-state index in [2.05, 4.69) is 9.39 Å². The van der Waals surface area contributed by atoms with Crippen LogP contribution in [-0.2, 0) is 16.0 Å². The summed E-state index contributed by atoms with van der Waals surface area (Å²) in [5, 5.41) is 0. The Hall–Kier alpha value is -0.990. The van der Waals surface area contributed by atoms with Crippen LogP contribution in [0.3, 0.4) is 0 Å². The third kappa shape index (κ3) is 3.76. The molecule has 0 radical (unpaired) electrons. The normalized spacial score (nSPS) is 12.6. The zero-order valence-electron chi connectivity index (χ0n) is 10.2. The van der Waals surface area contributed by atoms with Crippen LogP contribution >= 0.6 is 9.39 Å². The lowest BCUT2D eigenvalue weighted by molar-refractivity contribution is -0.144. The maximum Gasteiger partial charge on any atom is 0.323 e. The largest absolute Gasteiger partial charge is 0.468 e. The summed E-state index contributed by atoms with van der Waals surface area (Å²) in [7, 11) is 5.59. The SMILES string of the molecule is COC(=O)C(Cc1ccc(F)c(C)c1)N(C)P. The highest BCUT2D eigenvalue weighted by molar-refractivity contribution is 7.13. The zero-order chi connectivity index (χ0) is 13.0. The van der Waals surface area contributed by atoms with Crippen molar-refractivity contribution in [1.29, 1.82) is 0 Å². The van der Waals surface area contributed by atoms with E-state index in [4.69, 9.17) is 4.74 Å². The summed E-state index contributed by atoms with van der Waals surface area (Å²) in [6.45, 7) is 1.70. The van der Waals surface area contributed by atoms with Crippen LogP contribution < -0.4 is 0 Å². The molecule has 0 bridgehead atoms. The molecule has 0 aromatic heterocycles. The average Bonchev–Trinajstić information content (AvgIpc) is 2.29. The first kappa shape index (κ1) is 14.1. The molecular formula is C12H17FNO2P. The smallest absolute Gasteiger partial charge is 0.323 e. The van der Waals surface area contributed by atoms with Gasteiger partial charge < -0.3 is 4.74 Å². The quantitative estimate of drug-likeness (QED) is 0.610. The summed E-state index contributed by atoms with van der Waals surface area (Å²) >= 11 is 0. The molecule has 17 heavy (non-hydrogen) atoms. The topological polar surface area (TPSA) is 29.5 Å². The molecule has 0 aliphatic rings. The number of nitrogens with zero attached hydrogens (tertiary/aromatic N) is 1. The minimum atomic E-state index is -0.380. The molecule has 0 fully saturated rings. The molecule has 0 saturated heterocycles. The summed E-state index contributed by atoms with van der Waals surface area (Å²) < 4.78 is 19.6. The van der Waals surface area contributed by atoms with Crippen molar-refractivity contribution in [3.8, 4) is 0 Å². The van der Waals surface area contributed by atoms with Gasteiger partial charge in [0.05, 0.1) is 7.11 Å². The number of hydrogen-bond donors (Lipinski definition) is 0. The fraction of sp³-hybridized carbons (Fsp3) is 0.417. The van der Waals surface area contributed by atoms with Gasteiger partial charge in [0, 0.05) is 0 Å². The minimum absolute atomic E-state index is 0.234. The van der Waals surface area contributed by atoms with Gasteiger partial charge in [0.1, 0.15) is 11.9 Å². The molecule has 94 valence electrons. The van der Waals surface area contributed by atoms with E-state index >= 15 is 0 Å². The van der Waals surface area contributed by atoms with Gasteiger partial charge in [-0.2, -0.15) is 0 Å². The van der Waals surface area contributed by atoms with E-state index in [1.54, 1.807) is 30.8 Å². The van der Waals surface area contributed by atoms with Crippen LogP contribution in [-0.4, -0.2) is 30.8 Å². The lowest BCUT2D eigenvalue weighted by atomic mass is 10.0. The van der Waals surface area contributed by atoms with E-state index < -0.39 is 0 Å². The number of hydrogen-bond acceptors (Lipinski definition) is 3. The standard InChI is InChI=1S/C12H17FNO2P/c1-8-6-9(4-5-10(8)13)7-11(14(2)17)12(15)16-3/h4-6,11H,7,17H2,1-3H3. The molecule has 0 heterocycles. The Labute approximate surface area is 103 Å². The number of methoxy groups -OCH3 is 1. The first-order valence-electron chi connectivity index (χ1n) is 5.26. The molecule has 0 saturated carbocycles. The first-order chi connectivity index (χ1) is 7.95. The molecule has 2 unspecified atom stereocenters. The lowest BCUT2D eigenvalue weighted by Crippen LogP contribution is -2.35. The molecule has 0 aliphatic carbocycles. The summed E-state index contributed by atoms with van der Waals surface area (Å²) in [5.74, 6) is -0.535. The summed E-state index contributed by atoms with van der Waals surface area (Å²) in [4.78, 5) is 11.6. The molecule has 0 aliphatic heterocycles. The molecule has 2 atom stereocenters. The van der Waals surface area contributed by atoms with Gasteiger partial charge in [-0.1, -0.05) is 21.5 Å². The third-order valence-electron chi connectivity index (χ3n) is 2.62. The molecule has 5 heteroatoms. The number of esters is 1. The van der Waals surface area contributed by atoms with Crippen LogP contribution in [0.25, 0.3) is 0 Å². The second kappa shape index (κ2) is 6.08. The van der Waals surface area contributed by atoms with Crippen molar-refractivity contribution >= 4 is 15.4 Å². The molecule has 1 rings (SSSR count). The van der Waals surface area contributed by atoms with Gasteiger partial charge in [-0.15, -0.1) is 0 Å². The van der Waals surface area contributed by atoms with Gasteiger partial charge in [-0.25, -0.2) is 4.39 Å². The predicted molar refractivity (Wildman–Crippen MR) is 68.1 cm³/mol. The fourth-order valence-electron chi connectivity index (χ4n) is 1.59. The van der Waals surface area contributed by atoms with Crippen LogP contribution in [0.1, 0.15) is 11.1 Å². The number of benzene rings is 1. The number of ether oxygens (including phenoxy) is 1. The Morgan fingerprint density at radius 1 is 1.59 bits per heavy atom. The van der Waals surface area contributed by atoms with Crippen molar-refractivity contribution in [1.82, 2.24) is 4.67 Å². The van der Waals surface area contributed by atoms with Crippen molar-refractivity contribution in [3.05, 3.63) is 35.1 Å². The van der Waals surface area contributed by atoms with E-state index in [9.17, 15) is 9.18 Å². The molecule has 0 N–H and O–H groups in total. The van der Waals surface area contributed by atoms with Crippen molar-refractivity contribution in [2.45, 2.75) is 19.4 Å². The molecule has 1 aromatic rings. The molecule has 0 amide bonds. The van der Waals surface area contributed by atoms with Crippen LogP contribution in [0.5, 0.6) is 0 Å². The van der Waals surface area contributed by atoms with E-state index in [0.29, 0.717) is 12.0 Å². The number of halogens is 1. The Balaban J connectivity index is 2.86. The van der Waals surface area contributed by atoms with Crippen molar-refractivity contribution in [2.75, 3.05) is 14.2 Å². The van der Waals surface area contributed by atoms with Gasteiger partial charge in [-0.05, 0) is 37.6 Å². The summed E-state index contributed by atoms with van der Waals surface area (Å²) in [6.07, 6.45) is 0.494. The molecule has 1 aromatic carbocycles. The van der Waals surface area contributed by atoms with E-state index in [0.717, 1.165) is 5.56 Å². The first-order valence-corrected chi connectivity index (χ1v) is 5.77. The molecule has 0 spiro atoms. The minimum Gasteiger partial charge on any atom is -0.468 e. The second-order valence-electron chi connectivity index (χ2n) is 3.99. The molecular weight excluding hydrogens is 240 g/mol. The highest BCUT2D eigenvalue weighted by Gasteiger charge is 2.22. The van der Waals surface area contributed by atoms with Crippen molar-refractivity contribution in [3.63, 3.8) is 0 Å². The number of carbonyl (C=O) groups is 1. The number of aryl methyl sites for hydroxylation is 1. The van der Waals surface area contributed by atoms with Crippen LogP contribution in [0.4, 0.5) is 4.39 Å². The van der Waals surface area contributed by atoms with E-state index in [1.165, 1.54) is 13.2 Å². The highest BCUT2D eigenvalue weighted by Crippen LogP contribution is 2.15. The van der Waals surface area contributed by atoms with E-state index in [-0.39, 0.29) is 17.8 Å². The Kier molecular flexibility index (Phi) is 5.03. The maximum absolute atomic E-state index is 13.1. The fourth-order valence-corrected chi connectivity index (χ4v) is 1.81. The Morgan fingerprint density at radius 3 is 2.71 bits per heavy atom. The van der Waals surface area contributed by atoms with Gasteiger partial charge in [0.2, 0.25) is 0 Å². The van der Waals surface area contributed by atoms with Gasteiger partial charge in [0.25, 0.3) is 0 Å². The zero-order valence-corrected chi connectivity index (χ0v) is 11.4. The van der Waals surface area contributed by atoms with Crippen LogP contribution in [0.15, 0.2) is 18.2 Å². The average molecular weight is 257 g/mol. The number of rotatable bonds is 4. The number of carbonyl (C=O) groups excluding carboxylic acids is 1. The predicted octanol–water partition coefficient (Wildman–Crippen LogP) is 1.94. The van der Waals surface area contributed by atoms with Crippen molar-refractivity contribution in [2.24, 2.45) is 0 Å². The highest BCUT2D eigenvalue weighted by atomic mass is 31.0. The Morgan fingerprint density at radius 2 is 2.24 bits per heavy atom.